The minimum atomic E-state index is 0.169. The van der Waals surface area contributed by atoms with Crippen molar-refractivity contribution in [1.82, 2.24) is 9.78 Å². The quantitative estimate of drug-likeness (QED) is 0.827. The summed E-state index contributed by atoms with van der Waals surface area (Å²) in [5.74, 6) is 1.37. The largest absolute Gasteiger partial charge is 0.507 e. The molecule has 0 aliphatic heterocycles. The van der Waals surface area contributed by atoms with Gasteiger partial charge in [0.05, 0.1) is 12.8 Å². The number of ether oxygens (including phenoxy) is 1. The second-order valence-electron chi connectivity index (χ2n) is 3.87. The van der Waals surface area contributed by atoms with Crippen LogP contribution in [0.1, 0.15) is 5.56 Å². The number of phenols is 1. The summed E-state index contributed by atoms with van der Waals surface area (Å²) in [6, 6.07) is 5.29. The van der Waals surface area contributed by atoms with E-state index in [4.69, 9.17) is 10.5 Å². The van der Waals surface area contributed by atoms with Crippen LogP contribution in [0.2, 0.25) is 0 Å². The smallest absolute Gasteiger partial charge is 0.131 e. The third kappa shape index (κ3) is 1.80. The lowest BCUT2D eigenvalue weighted by atomic mass is 10.1. The van der Waals surface area contributed by atoms with E-state index in [0.29, 0.717) is 28.4 Å². The molecule has 0 atom stereocenters. The number of hydrogen-bond donors (Lipinski definition) is 2. The molecule has 2 rings (SSSR count). The number of hydrogen-bond acceptors (Lipinski definition) is 4. The topological polar surface area (TPSA) is 73.3 Å². The van der Waals surface area contributed by atoms with E-state index in [-0.39, 0.29) is 5.75 Å². The van der Waals surface area contributed by atoms with Gasteiger partial charge in [-0.15, -0.1) is 0 Å². The van der Waals surface area contributed by atoms with Gasteiger partial charge in [0.25, 0.3) is 0 Å². The minimum absolute atomic E-state index is 0.169. The molecule has 0 aliphatic rings. The van der Waals surface area contributed by atoms with Crippen molar-refractivity contribution >= 4 is 5.82 Å². The highest BCUT2D eigenvalue weighted by Crippen LogP contribution is 2.36. The van der Waals surface area contributed by atoms with Gasteiger partial charge in [0, 0.05) is 24.2 Å². The summed E-state index contributed by atoms with van der Waals surface area (Å²) in [4.78, 5) is 0. The lowest BCUT2D eigenvalue weighted by Gasteiger charge is -2.09. The van der Waals surface area contributed by atoms with E-state index >= 15 is 0 Å². The number of aromatic nitrogens is 2. The van der Waals surface area contributed by atoms with Gasteiger partial charge < -0.3 is 15.6 Å². The molecule has 0 spiro atoms. The van der Waals surface area contributed by atoms with Crippen LogP contribution >= 0.6 is 0 Å². The summed E-state index contributed by atoms with van der Waals surface area (Å²) in [6.45, 7) is 1.80. The van der Waals surface area contributed by atoms with Crippen molar-refractivity contribution in [2.45, 2.75) is 6.92 Å². The predicted octanol–water partition coefficient (Wildman–Crippen LogP) is 1.69. The molecule has 0 amide bonds. The number of aryl methyl sites for hydroxylation is 1. The van der Waals surface area contributed by atoms with E-state index in [2.05, 4.69) is 5.10 Å². The Morgan fingerprint density at radius 2 is 2.12 bits per heavy atom. The number of nitrogens with two attached hydrogens (primary N) is 1. The Bertz CT molecular complexity index is 542. The molecule has 5 nitrogen and oxygen atoms in total. The van der Waals surface area contributed by atoms with Crippen LogP contribution in [0.15, 0.2) is 18.2 Å². The maximum absolute atomic E-state index is 10.1. The van der Waals surface area contributed by atoms with Gasteiger partial charge >= 0.3 is 0 Å². The van der Waals surface area contributed by atoms with Crippen molar-refractivity contribution in [2.24, 2.45) is 7.05 Å². The Kier molecular flexibility index (Phi) is 2.67. The van der Waals surface area contributed by atoms with Gasteiger partial charge in [0.2, 0.25) is 0 Å². The normalized spacial score (nSPS) is 10.5. The van der Waals surface area contributed by atoms with Crippen LogP contribution in [0.25, 0.3) is 11.3 Å². The van der Waals surface area contributed by atoms with Crippen molar-refractivity contribution in [3.05, 3.63) is 23.8 Å². The van der Waals surface area contributed by atoms with Crippen molar-refractivity contribution in [3.8, 4) is 22.8 Å². The fourth-order valence-electron chi connectivity index (χ4n) is 1.72. The van der Waals surface area contributed by atoms with Crippen molar-refractivity contribution in [1.29, 1.82) is 0 Å². The van der Waals surface area contributed by atoms with Gasteiger partial charge in [-0.3, -0.25) is 4.68 Å². The number of phenolic OH excluding ortho intramolecular Hbond substituents is 1. The Labute approximate surface area is 99.4 Å². The molecule has 0 saturated carbocycles. The molecule has 0 radical (unpaired) electrons. The van der Waals surface area contributed by atoms with Gasteiger partial charge in [-0.2, -0.15) is 5.10 Å². The molecule has 0 saturated heterocycles. The van der Waals surface area contributed by atoms with E-state index in [1.54, 1.807) is 44.0 Å². The molecule has 1 aromatic carbocycles. The van der Waals surface area contributed by atoms with Gasteiger partial charge in [-0.1, -0.05) is 0 Å². The highest BCUT2D eigenvalue weighted by molar-refractivity contribution is 5.72. The lowest BCUT2D eigenvalue weighted by Crippen LogP contribution is -1.96. The first-order valence-corrected chi connectivity index (χ1v) is 5.21. The molecule has 0 aliphatic carbocycles. The SMILES string of the molecule is COc1ccc(-c2cc(N)n(C)n2)c(O)c1C. The molecule has 0 bridgehead atoms. The van der Waals surface area contributed by atoms with Crippen LogP contribution in [-0.2, 0) is 7.05 Å². The summed E-state index contributed by atoms with van der Waals surface area (Å²) < 4.78 is 6.70. The number of anilines is 1. The minimum Gasteiger partial charge on any atom is -0.507 e. The Morgan fingerprint density at radius 3 is 2.65 bits per heavy atom. The van der Waals surface area contributed by atoms with E-state index in [1.807, 2.05) is 0 Å². The van der Waals surface area contributed by atoms with E-state index in [1.165, 1.54) is 0 Å². The fourth-order valence-corrected chi connectivity index (χ4v) is 1.72. The first-order valence-electron chi connectivity index (χ1n) is 5.21. The average Bonchev–Trinajstić information content (AvgIpc) is 2.63. The van der Waals surface area contributed by atoms with E-state index in [0.717, 1.165) is 0 Å². The van der Waals surface area contributed by atoms with E-state index < -0.39 is 0 Å². The summed E-state index contributed by atoms with van der Waals surface area (Å²) >= 11 is 0. The van der Waals surface area contributed by atoms with E-state index in [9.17, 15) is 5.11 Å². The number of rotatable bonds is 2. The zero-order chi connectivity index (χ0) is 12.6. The molecule has 1 aromatic heterocycles. The monoisotopic (exact) mass is 233 g/mol. The average molecular weight is 233 g/mol. The molecule has 0 fully saturated rings. The number of nitrogens with zero attached hydrogens (tertiary/aromatic N) is 2. The highest BCUT2D eigenvalue weighted by Gasteiger charge is 2.13. The van der Waals surface area contributed by atoms with Gasteiger partial charge in [0.1, 0.15) is 17.3 Å². The predicted molar refractivity (Wildman–Crippen MR) is 66.0 cm³/mol. The first kappa shape index (κ1) is 11.3. The number of methoxy groups -OCH3 is 1. The summed E-state index contributed by atoms with van der Waals surface area (Å²) in [5.41, 5.74) is 7.70. The second-order valence-corrected chi connectivity index (χ2v) is 3.87. The third-order valence-corrected chi connectivity index (χ3v) is 2.79. The maximum atomic E-state index is 10.1. The van der Waals surface area contributed by atoms with Gasteiger partial charge in [-0.05, 0) is 19.1 Å². The van der Waals surface area contributed by atoms with Crippen LogP contribution in [-0.4, -0.2) is 22.0 Å². The fraction of sp³-hybridized carbons (Fsp3) is 0.250. The van der Waals surface area contributed by atoms with Crippen LogP contribution in [0.4, 0.5) is 5.82 Å². The standard InChI is InChI=1S/C12H15N3O2/c1-7-10(17-3)5-4-8(12(7)16)9-6-11(13)15(2)14-9/h4-6,16H,13H2,1-3H3. The van der Waals surface area contributed by atoms with Crippen molar-refractivity contribution < 1.29 is 9.84 Å². The molecule has 3 N–H and O–H groups in total. The zero-order valence-corrected chi connectivity index (χ0v) is 10.1. The van der Waals surface area contributed by atoms with Crippen LogP contribution in [0.5, 0.6) is 11.5 Å². The van der Waals surface area contributed by atoms with Crippen molar-refractivity contribution in [3.63, 3.8) is 0 Å². The number of nitrogen functional groups attached to an aromatic ring is 1. The summed E-state index contributed by atoms with van der Waals surface area (Å²) in [6.07, 6.45) is 0. The molecule has 2 aromatic rings. The lowest BCUT2D eigenvalue weighted by molar-refractivity contribution is 0.403. The molecule has 5 heteroatoms. The van der Waals surface area contributed by atoms with Crippen molar-refractivity contribution in [2.75, 3.05) is 12.8 Å². The highest BCUT2D eigenvalue weighted by atomic mass is 16.5. The molecule has 90 valence electrons. The Balaban J connectivity index is 2.57. The van der Waals surface area contributed by atoms with Crippen LogP contribution < -0.4 is 10.5 Å². The molecular formula is C12H15N3O2. The number of aromatic hydroxyl groups is 1. The van der Waals surface area contributed by atoms with Gasteiger partial charge in [0.15, 0.2) is 0 Å². The van der Waals surface area contributed by atoms with Crippen LogP contribution in [0, 0.1) is 6.92 Å². The molecule has 0 unspecified atom stereocenters. The number of benzene rings is 1. The Morgan fingerprint density at radius 1 is 1.41 bits per heavy atom. The summed E-state index contributed by atoms with van der Waals surface area (Å²) in [7, 11) is 3.33. The van der Waals surface area contributed by atoms with Gasteiger partial charge in [-0.25, -0.2) is 0 Å². The second kappa shape index (κ2) is 4.01. The third-order valence-electron chi connectivity index (χ3n) is 2.79. The molecule has 1 heterocycles. The van der Waals surface area contributed by atoms with Crippen LogP contribution in [0.3, 0.4) is 0 Å². The first-order chi connectivity index (χ1) is 8.04. The molecule has 17 heavy (non-hydrogen) atoms. The molecular weight excluding hydrogens is 218 g/mol. The zero-order valence-electron chi connectivity index (χ0n) is 10.1. The maximum Gasteiger partial charge on any atom is 0.131 e. The summed E-state index contributed by atoms with van der Waals surface area (Å²) in [5, 5.41) is 14.3. The Hall–Kier alpha value is -2.17.